The first-order valence-corrected chi connectivity index (χ1v) is 9.67. The molecule has 3 N–H and O–H groups in total. The maximum atomic E-state index is 12.6. The number of aryl methyl sites for hydroxylation is 1. The molecule has 0 radical (unpaired) electrons. The summed E-state index contributed by atoms with van der Waals surface area (Å²) in [6.07, 6.45) is 0. The van der Waals surface area contributed by atoms with Crippen molar-refractivity contribution in [2.45, 2.75) is 6.92 Å². The number of hydrogen-bond acceptors (Lipinski definition) is 4. The maximum absolute atomic E-state index is 12.6. The minimum absolute atomic E-state index is 0.250. The van der Waals surface area contributed by atoms with Crippen LogP contribution in [0.5, 0.6) is 5.75 Å². The highest BCUT2D eigenvalue weighted by Crippen LogP contribution is 2.24. The average Bonchev–Trinajstić information content (AvgIpc) is 2.77. The second kappa shape index (κ2) is 9.77. The molecule has 0 aliphatic carbocycles. The van der Waals surface area contributed by atoms with E-state index in [0.29, 0.717) is 22.0 Å². The van der Waals surface area contributed by atoms with Crippen molar-refractivity contribution in [2.75, 3.05) is 12.4 Å². The minimum Gasteiger partial charge on any atom is -0.496 e. The Balaban J connectivity index is 1.66. The number of rotatable bonds is 5. The number of carbonyl (C=O) groups is 3. The van der Waals surface area contributed by atoms with Crippen LogP contribution in [0.15, 0.2) is 66.7 Å². The Morgan fingerprint density at radius 2 is 1.48 bits per heavy atom. The molecule has 0 atom stereocenters. The largest absolute Gasteiger partial charge is 0.496 e. The Hall–Kier alpha value is -3.84. The highest BCUT2D eigenvalue weighted by Gasteiger charge is 2.15. The van der Waals surface area contributed by atoms with E-state index in [2.05, 4.69) is 16.2 Å². The molecule has 3 aromatic rings. The molecule has 0 saturated heterocycles. The smallest absolute Gasteiger partial charge is 0.269 e. The molecule has 0 unspecified atom stereocenters. The summed E-state index contributed by atoms with van der Waals surface area (Å²) in [4.78, 5) is 37.2. The molecule has 3 rings (SSSR count). The Morgan fingerprint density at radius 3 is 2.16 bits per heavy atom. The van der Waals surface area contributed by atoms with Crippen molar-refractivity contribution < 1.29 is 19.1 Å². The van der Waals surface area contributed by atoms with Crippen molar-refractivity contribution in [3.63, 3.8) is 0 Å². The second-order valence-electron chi connectivity index (χ2n) is 6.65. The molecule has 31 heavy (non-hydrogen) atoms. The third-order valence-corrected chi connectivity index (χ3v) is 4.63. The van der Waals surface area contributed by atoms with Gasteiger partial charge in [-0.05, 0) is 55.5 Å². The first-order valence-electron chi connectivity index (χ1n) is 9.29. The molecular formula is C23H20ClN3O4. The van der Waals surface area contributed by atoms with Gasteiger partial charge in [0.15, 0.2) is 0 Å². The third-order valence-electron chi connectivity index (χ3n) is 4.39. The van der Waals surface area contributed by atoms with Gasteiger partial charge in [0, 0.05) is 21.8 Å². The SMILES string of the molecule is COc1ccc(Cl)cc1C(=O)Nc1cccc(C(=O)NNC(=O)c2ccc(C)cc2)c1. The zero-order valence-electron chi connectivity index (χ0n) is 16.9. The summed E-state index contributed by atoms with van der Waals surface area (Å²) in [5.41, 5.74) is 7.07. The summed E-state index contributed by atoms with van der Waals surface area (Å²) >= 11 is 5.98. The number of benzene rings is 3. The molecule has 0 fully saturated rings. The van der Waals surface area contributed by atoms with Gasteiger partial charge in [-0.2, -0.15) is 0 Å². The van der Waals surface area contributed by atoms with Crippen molar-refractivity contribution >= 4 is 35.0 Å². The molecular weight excluding hydrogens is 418 g/mol. The first kappa shape index (κ1) is 21.9. The molecule has 0 bridgehead atoms. The van der Waals surface area contributed by atoms with Gasteiger partial charge in [-0.1, -0.05) is 35.4 Å². The van der Waals surface area contributed by atoms with Crippen molar-refractivity contribution in [3.05, 3.63) is 94.0 Å². The molecule has 3 aromatic carbocycles. The summed E-state index contributed by atoms with van der Waals surface area (Å²) in [6.45, 7) is 1.91. The van der Waals surface area contributed by atoms with Gasteiger partial charge in [0.2, 0.25) is 0 Å². The van der Waals surface area contributed by atoms with E-state index in [0.717, 1.165) is 5.56 Å². The van der Waals surface area contributed by atoms with E-state index >= 15 is 0 Å². The lowest BCUT2D eigenvalue weighted by atomic mass is 10.1. The molecule has 0 heterocycles. The van der Waals surface area contributed by atoms with Gasteiger partial charge < -0.3 is 10.1 Å². The van der Waals surface area contributed by atoms with E-state index in [-0.39, 0.29) is 11.1 Å². The van der Waals surface area contributed by atoms with E-state index in [1.54, 1.807) is 54.6 Å². The van der Waals surface area contributed by atoms with E-state index in [9.17, 15) is 14.4 Å². The fraction of sp³-hybridized carbons (Fsp3) is 0.0870. The quantitative estimate of drug-likeness (QED) is 0.526. The van der Waals surface area contributed by atoms with Crippen LogP contribution >= 0.6 is 11.6 Å². The predicted molar refractivity (Wildman–Crippen MR) is 119 cm³/mol. The van der Waals surface area contributed by atoms with Gasteiger partial charge >= 0.3 is 0 Å². The number of hydrogen-bond donors (Lipinski definition) is 3. The van der Waals surface area contributed by atoms with E-state index in [4.69, 9.17) is 16.3 Å². The number of carbonyl (C=O) groups excluding carboxylic acids is 3. The summed E-state index contributed by atoms with van der Waals surface area (Å²) in [6, 6.07) is 17.9. The maximum Gasteiger partial charge on any atom is 0.269 e. The molecule has 0 saturated carbocycles. The molecule has 3 amide bonds. The lowest BCUT2D eigenvalue weighted by Crippen LogP contribution is -2.41. The van der Waals surface area contributed by atoms with Gasteiger partial charge in [0.05, 0.1) is 12.7 Å². The summed E-state index contributed by atoms with van der Waals surface area (Å²) in [5, 5.41) is 3.10. The van der Waals surface area contributed by atoms with Crippen LogP contribution < -0.4 is 20.9 Å². The third kappa shape index (κ3) is 5.61. The van der Waals surface area contributed by atoms with E-state index in [1.165, 1.54) is 19.2 Å². The molecule has 0 spiro atoms. The first-order chi connectivity index (χ1) is 14.9. The molecule has 8 heteroatoms. The van der Waals surface area contributed by atoms with Crippen LogP contribution in [0.25, 0.3) is 0 Å². The second-order valence-corrected chi connectivity index (χ2v) is 7.09. The van der Waals surface area contributed by atoms with Crippen LogP contribution in [0.3, 0.4) is 0 Å². The molecule has 158 valence electrons. The average molecular weight is 438 g/mol. The van der Waals surface area contributed by atoms with Crippen LogP contribution in [-0.4, -0.2) is 24.8 Å². The van der Waals surface area contributed by atoms with Crippen molar-refractivity contribution in [1.82, 2.24) is 10.9 Å². The number of nitrogens with one attached hydrogen (secondary N) is 3. The molecule has 0 aliphatic heterocycles. The van der Waals surface area contributed by atoms with Crippen LogP contribution in [0.1, 0.15) is 36.6 Å². The summed E-state index contributed by atoms with van der Waals surface area (Å²) in [5.74, 6) is -1.04. The normalized spacial score (nSPS) is 10.2. The van der Waals surface area contributed by atoms with Crippen LogP contribution in [0.2, 0.25) is 5.02 Å². The van der Waals surface area contributed by atoms with E-state index < -0.39 is 17.7 Å². The van der Waals surface area contributed by atoms with Crippen molar-refractivity contribution in [1.29, 1.82) is 0 Å². The highest BCUT2D eigenvalue weighted by molar-refractivity contribution is 6.31. The van der Waals surface area contributed by atoms with Gasteiger partial charge in [-0.3, -0.25) is 25.2 Å². The number of methoxy groups -OCH3 is 1. The number of hydrazine groups is 1. The van der Waals surface area contributed by atoms with Gasteiger partial charge in [0.25, 0.3) is 17.7 Å². The Kier molecular flexibility index (Phi) is 6.89. The summed E-state index contributed by atoms with van der Waals surface area (Å²) < 4.78 is 5.19. The lowest BCUT2D eigenvalue weighted by molar-refractivity contribution is 0.0846. The zero-order valence-corrected chi connectivity index (χ0v) is 17.6. The monoisotopic (exact) mass is 437 g/mol. The molecule has 0 aliphatic rings. The van der Waals surface area contributed by atoms with Crippen molar-refractivity contribution in [2.24, 2.45) is 0 Å². The van der Waals surface area contributed by atoms with Gasteiger partial charge in [-0.25, -0.2) is 0 Å². The van der Waals surface area contributed by atoms with Gasteiger partial charge in [0.1, 0.15) is 5.75 Å². The summed E-state index contributed by atoms with van der Waals surface area (Å²) in [7, 11) is 1.45. The fourth-order valence-electron chi connectivity index (χ4n) is 2.76. The fourth-order valence-corrected chi connectivity index (χ4v) is 2.93. The number of halogens is 1. The minimum atomic E-state index is -0.531. The number of amides is 3. The number of ether oxygens (including phenoxy) is 1. The standard InChI is InChI=1S/C23H20ClN3O4/c1-14-6-8-15(9-7-14)21(28)26-27-22(29)16-4-3-5-18(12-16)25-23(30)19-13-17(24)10-11-20(19)31-2/h3-13H,1-2H3,(H,25,30)(H,26,28)(H,27,29). The Bertz CT molecular complexity index is 1130. The van der Waals surface area contributed by atoms with Crippen LogP contribution in [0.4, 0.5) is 5.69 Å². The Morgan fingerprint density at radius 1 is 0.806 bits per heavy atom. The molecule has 0 aromatic heterocycles. The predicted octanol–water partition coefficient (Wildman–Crippen LogP) is 3.98. The van der Waals surface area contributed by atoms with Crippen LogP contribution in [0, 0.1) is 6.92 Å². The lowest BCUT2D eigenvalue weighted by Gasteiger charge is -2.11. The topological polar surface area (TPSA) is 96.5 Å². The molecule has 7 nitrogen and oxygen atoms in total. The number of anilines is 1. The van der Waals surface area contributed by atoms with Crippen LogP contribution in [-0.2, 0) is 0 Å². The van der Waals surface area contributed by atoms with Gasteiger partial charge in [-0.15, -0.1) is 0 Å². The van der Waals surface area contributed by atoms with Crippen molar-refractivity contribution in [3.8, 4) is 5.75 Å². The highest BCUT2D eigenvalue weighted by atomic mass is 35.5. The Labute approximate surface area is 184 Å². The zero-order chi connectivity index (χ0) is 22.4. The van der Waals surface area contributed by atoms with E-state index in [1.807, 2.05) is 6.92 Å².